The molecule has 0 amide bonds. The fourth-order valence-corrected chi connectivity index (χ4v) is 1.97. The third-order valence-electron chi connectivity index (χ3n) is 3.04. The van der Waals surface area contributed by atoms with Gasteiger partial charge in [0.2, 0.25) is 5.75 Å². The Labute approximate surface area is 123 Å². The summed E-state index contributed by atoms with van der Waals surface area (Å²) in [5.74, 6) is 1.46. The minimum atomic E-state index is -0.295. The van der Waals surface area contributed by atoms with Gasteiger partial charge in [0, 0.05) is 19.3 Å². The molecule has 0 aliphatic carbocycles. The monoisotopic (exact) mass is 290 g/mol. The molecule has 1 aromatic heterocycles. The fourth-order valence-electron chi connectivity index (χ4n) is 1.97. The molecule has 0 fully saturated rings. The van der Waals surface area contributed by atoms with Crippen LogP contribution >= 0.6 is 0 Å². The number of ether oxygens (including phenoxy) is 1. The van der Waals surface area contributed by atoms with E-state index in [1.807, 2.05) is 13.1 Å². The lowest BCUT2D eigenvalue weighted by atomic mass is 10.3. The first-order valence-electron chi connectivity index (χ1n) is 6.79. The first-order chi connectivity index (χ1) is 10.2. The molecule has 0 spiro atoms. The van der Waals surface area contributed by atoms with Gasteiger partial charge >= 0.3 is 0 Å². The van der Waals surface area contributed by atoms with Crippen molar-refractivity contribution in [1.29, 1.82) is 0 Å². The van der Waals surface area contributed by atoms with Gasteiger partial charge in [-0.05, 0) is 24.6 Å². The topological polar surface area (TPSA) is 50.3 Å². The van der Waals surface area contributed by atoms with Crippen LogP contribution in [0, 0.1) is 5.82 Å². The molecule has 112 valence electrons. The van der Waals surface area contributed by atoms with E-state index in [4.69, 9.17) is 4.74 Å². The fraction of sp³-hybridized carbons (Fsp3) is 0.333. The van der Waals surface area contributed by atoms with Gasteiger partial charge in [0.25, 0.3) is 0 Å². The van der Waals surface area contributed by atoms with Gasteiger partial charge < -0.3 is 15.0 Å². The molecular weight excluding hydrogens is 271 g/mol. The number of nitrogens with zero attached hydrogens (tertiary/aromatic N) is 3. The second-order valence-electron chi connectivity index (χ2n) is 4.54. The van der Waals surface area contributed by atoms with E-state index < -0.39 is 0 Å². The Morgan fingerprint density at radius 1 is 1.33 bits per heavy atom. The van der Waals surface area contributed by atoms with Gasteiger partial charge in [-0.25, -0.2) is 14.4 Å². The maximum absolute atomic E-state index is 13.4. The maximum atomic E-state index is 13.4. The van der Waals surface area contributed by atoms with Crippen molar-refractivity contribution in [2.24, 2.45) is 0 Å². The number of methoxy groups -OCH3 is 1. The van der Waals surface area contributed by atoms with Crippen molar-refractivity contribution in [3.05, 3.63) is 36.4 Å². The van der Waals surface area contributed by atoms with Crippen LogP contribution in [0.15, 0.2) is 30.6 Å². The average Bonchev–Trinajstić information content (AvgIpc) is 2.51. The number of anilines is 3. The Hall–Kier alpha value is -2.37. The van der Waals surface area contributed by atoms with E-state index in [1.165, 1.54) is 18.5 Å². The third kappa shape index (κ3) is 3.39. The van der Waals surface area contributed by atoms with E-state index in [1.54, 1.807) is 18.1 Å². The zero-order chi connectivity index (χ0) is 15.2. The van der Waals surface area contributed by atoms with Crippen molar-refractivity contribution in [2.45, 2.75) is 13.3 Å². The highest BCUT2D eigenvalue weighted by Crippen LogP contribution is 2.34. The Morgan fingerprint density at radius 3 is 2.81 bits per heavy atom. The van der Waals surface area contributed by atoms with Crippen molar-refractivity contribution < 1.29 is 9.13 Å². The summed E-state index contributed by atoms with van der Waals surface area (Å²) in [6.07, 6.45) is 2.44. The molecule has 21 heavy (non-hydrogen) atoms. The summed E-state index contributed by atoms with van der Waals surface area (Å²) in [4.78, 5) is 10.2. The molecular formula is C15H19FN4O. The van der Waals surface area contributed by atoms with Crippen LogP contribution in [0.25, 0.3) is 0 Å². The van der Waals surface area contributed by atoms with E-state index >= 15 is 0 Å². The Balaban J connectivity index is 2.38. The largest absolute Gasteiger partial charge is 0.490 e. The molecule has 0 saturated heterocycles. The van der Waals surface area contributed by atoms with Crippen molar-refractivity contribution in [3.63, 3.8) is 0 Å². The average molecular weight is 290 g/mol. The van der Waals surface area contributed by atoms with Crippen LogP contribution in [0.1, 0.15) is 13.3 Å². The van der Waals surface area contributed by atoms with Crippen molar-refractivity contribution in [2.75, 3.05) is 30.9 Å². The predicted octanol–water partition coefficient (Wildman–Crippen LogP) is 3.21. The molecule has 0 atom stereocenters. The number of benzene rings is 1. The van der Waals surface area contributed by atoms with Crippen molar-refractivity contribution in [3.8, 4) is 5.75 Å². The highest BCUT2D eigenvalue weighted by Gasteiger charge is 2.16. The Bertz CT molecular complexity index is 606. The van der Waals surface area contributed by atoms with Gasteiger partial charge in [-0.1, -0.05) is 13.0 Å². The van der Waals surface area contributed by atoms with Gasteiger partial charge in [0.05, 0.1) is 7.11 Å². The first kappa shape index (κ1) is 15.0. The molecule has 2 aromatic rings. The van der Waals surface area contributed by atoms with Gasteiger partial charge in [-0.3, -0.25) is 0 Å². The van der Waals surface area contributed by atoms with Gasteiger partial charge in [0.1, 0.15) is 12.1 Å². The molecule has 0 bridgehead atoms. The van der Waals surface area contributed by atoms with Crippen molar-refractivity contribution in [1.82, 2.24) is 9.97 Å². The lowest BCUT2D eigenvalue weighted by Crippen LogP contribution is -2.15. The minimum absolute atomic E-state index is 0.295. The number of halogens is 1. The van der Waals surface area contributed by atoms with Crippen LogP contribution in [-0.2, 0) is 0 Å². The minimum Gasteiger partial charge on any atom is -0.490 e. The Kier molecular flexibility index (Phi) is 4.92. The van der Waals surface area contributed by atoms with Gasteiger partial charge in [-0.15, -0.1) is 0 Å². The molecule has 0 saturated carbocycles. The van der Waals surface area contributed by atoms with Crippen LogP contribution in [0.5, 0.6) is 5.75 Å². The van der Waals surface area contributed by atoms with Gasteiger partial charge in [-0.2, -0.15) is 0 Å². The quantitative estimate of drug-likeness (QED) is 0.885. The molecule has 0 radical (unpaired) electrons. The molecule has 6 heteroatoms. The van der Waals surface area contributed by atoms with Crippen LogP contribution in [-0.4, -0.2) is 30.7 Å². The second kappa shape index (κ2) is 6.88. The molecule has 2 rings (SSSR count). The number of rotatable bonds is 6. The second-order valence-corrected chi connectivity index (χ2v) is 4.54. The van der Waals surface area contributed by atoms with Crippen LogP contribution in [0.2, 0.25) is 0 Å². The number of aromatic nitrogens is 2. The summed E-state index contributed by atoms with van der Waals surface area (Å²) < 4.78 is 18.8. The normalized spacial score (nSPS) is 10.3. The van der Waals surface area contributed by atoms with Crippen molar-refractivity contribution >= 4 is 17.3 Å². The van der Waals surface area contributed by atoms with E-state index in [0.717, 1.165) is 13.0 Å². The van der Waals surface area contributed by atoms with Crippen LogP contribution in [0.4, 0.5) is 21.7 Å². The summed E-state index contributed by atoms with van der Waals surface area (Å²) >= 11 is 0. The lowest BCUT2D eigenvalue weighted by molar-refractivity contribution is 0.413. The van der Waals surface area contributed by atoms with E-state index in [9.17, 15) is 4.39 Å². The zero-order valence-electron chi connectivity index (χ0n) is 12.4. The molecule has 5 nitrogen and oxygen atoms in total. The third-order valence-corrected chi connectivity index (χ3v) is 3.04. The first-order valence-corrected chi connectivity index (χ1v) is 6.79. The number of nitrogens with one attached hydrogen (secondary N) is 1. The predicted molar refractivity (Wildman–Crippen MR) is 81.8 cm³/mol. The lowest BCUT2D eigenvalue weighted by Gasteiger charge is -2.21. The molecule has 0 aliphatic rings. The van der Waals surface area contributed by atoms with Gasteiger partial charge in [0.15, 0.2) is 11.6 Å². The highest BCUT2D eigenvalue weighted by molar-refractivity contribution is 5.70. The molecule has 1 N–H and O–H groups in total. The number of hydrogen-bond acceptors (Lipinski definition) is 5. The molecule has 1 aromatic carbocycles. The van der Waals surface area contributed by atoms with Crippen LogP contribution < -0.4 is 15.0 Å². The molecule has 1 heterocycles. The maximum Gasteiger partial charge on any atom is 0.204 e. The standard InChI is InChI=1S/C15H19FN4O/c1-4-8-17-14-13(21-3)15(19-10-18-14)20(2)12-7-5-6-11(16)9-12/h5-7,9-10H,4,8H2,1-3H3,(H,17,18,19). The van der Waals surface area contributed by atoms with E-state index in [0.29, 0.717) is 23.1 Å². The summed E-state index contributed by atoms with van der Waals surface area (Å²) in [5, 5.41) is 3.20. The summed E-state index contributed by atoms with van der Waals surface area (Å²) in [6, 6.07) is 6.32. The Morgan fingerprint density at radius 2 is 2.14 bits per heavy atom. The van der Waals surface area contributed by atoms with E-state index in [-0.39, 0.29) is 5.82 Å². The zero-order valence-corrected chi connectivity index (χ0v) is 12.4. The molecule has 0 aliphatic heterocycles. The van der Waals surface area contributed by atoms with E-state index in [2.05, 4.69) is 22.2 Å². The summed E-state index contributed by atoms with van der Waals surface area (Å²) in [6.45, 7) is 2.86. The highest BCUT2D eigenvalue weighted by atomic mass is 19.1. The number of hydrogen-bond donors (Lipinski definition) is 1. The SMILES string of the molecule is CCCNc1ncnc(N(C)c2cccc(F)c2)c1OC. The smallest absolute Gasteiger partial charge is 0.204 e. The summed E-state index contributed by atoms with van der Waals surface area (Å²) in [7, 11) is 3.38. The molecule has 0 unspecified atom stereocenters. The summed E-state index contributed by atoms with van der Waals surface area (Å²) in [5.41, 5.74) is 0.688. The van der Waals surface area contributed by atoms with Crippen LogP contribution in [0.3, 0.4) is 0 Å².